The number of nitrogens with zero attached hydrogens (tertiary/aromatic N) is 2. The summed E-state index contributed by atoms with van der Waals surface area (Å²) in [6.07, 6.45) is 1.77. The van der Waals surface area contributed by atoms with Gasteiger partial charge in [0, 0.05) is 6.20 Å². The molecule has 0 unspecified atom stereocenters. The molecule has 0 aromatic carbocycles. The molecule has 0 aliphatic carbocycles. The molecule has 0 bridgehead atoms. The Kier molecular flexibility index (Phi) is 1.43. The van der Waals surface area contributed by atoms with E-state index in [-0.39, 0.29) is 0 Å². The predicted molar refractivity (Wildman–Crippen MR) is 45.1 cm³/mol. The average Bonchev–Trinajstić information content (AvgIpc) is 2.34. The van der Waals surface area contributed by atoms with Crippen LogP contribution < -0.4 is 0 Å². The zero-order chi connectivity index (χ0) is 6.97. The Balaban J connectivity index is 2.93. The highest BCUT2D eigenvalue weighted by molar-refractivity contribution is 9.10. The van der Waals surface area contributed by atoms with E-state index in [1.165, 1.54) is 11.5 Å². The second kappa shape index (κ2) is 2.29. The van der Waals surface area contributed by atoms with Crippen molar-refractivity contribution in [2.24, 2.45) is 0 Å². The van der Waals surface area contributed by atoms with Crippen LogP contribution in [0.3, 0.4) is 0 Å². The Morgan fingerprint density at radius 1 is 1.50 bits per heavy atom. The largest absolute Gasteiger partial charge is 0.252 e. The van der Waals surface area contributed by atoms with E-state index >= 15 is 0 Å². The molecule has 0 aliphatic rings. The predicted octanol–water partition coefficient (Wildman–Crippen LogP) is 2.45. The van der Waals surface area contributed by atoms with Gasteiger partial charge >= 0.3 is 0 Å². The summed E-state index contributed by atoms with van der Waals surface area (Å²) >= 11 is 4.76. The van der Waals surface area contributed by atoms with Gasteiger partial charge in [-0.05, 0) is 39.6 Å². The SMILES string of the molecule is Brc1nsc2cccnc12. The first-order valence-electron chi connectivity index (χ1n) is 2.74. The molecule has 0 atom stereocenters. The standard InChI is InChI=1S/C6H3BrN2S/c7-6-5-4(10-9-6)2-1-3-8-5/h1-3H. The van der Waals surface area contributed by atoms with E-state index in [1.54, 1.807) is 6.20 Å². The van der Waals surface area contributed by atoms with Crippen molar-refractivity contribution in [1.29, 1.82) is 0 Å². The van der Waals surface area contributed by atoms with Gasteiger partial charge in [0.1, 0.15) is 10.1 Å². The number of fused-ring (bicyclic) bond motifs is 1. The van der Waals surface area contributed by atoms with Crippen molar-refractivity contribution < 1.29 is 0 Å². The van der Waals surface area contributed by atoms with Crippen LogP contribution in [0.25, 0.3) is 10.2 Å². The molecule has 2 rings (SSSR count). The quantitative estimate of drug-likeness (QED) is 0.674. The smallest absolute Gasteiger partial charge is 0.146 e. The molecule has 0 fully saturated rings. The van der Waals surface area contributed by atoms with Crippen LogP contribution in [0.1, 0.15) is 0 Å². The molecule has 50 valence electrons. The molecule has 0 amide bonds. The summed E-state index contributed by atoms with van der Waals surface area (Å²) < 4.78 is 6.05. The molecule has 0 spiro atoms. The molecule has 2 aromatic heterocycles. The highest BCUT2D eigenvalue weighted by Crippen LogP contribution is 2.23. The number of halogens is 1. The molecule has 0 radical (unpaired) electrons. The molecular weight excluding hydrogens is 212 g/mol. The third kappa shape index (κ3) is 0.839. The molecule has 4 heteroatoms. The second-order valence-electron chi connectivity index (χ2n) is 1.82. The molecule has 0 saturated carbocycles. The normalized spacial score (nSPS) is 10.5. The van der Waals surface area contributed by atoms with Crippen LogP contribution in [0.4, 0.5) is 0 Å². The first-order chi connectivity index (χ1) is 4.88. The molecule has 2 heterocycles. The third-order valence-electron chi connectivity index (χ3n) is 1.19. The van der Waals surface area contributed by atoms with E-state index in [0.717, 1.165) is 14.8 Å². The lowest BCUT2D eigenvalue weighted by Crippen LogP contribution is -1.69. The molecule has 10 heavy (non-hydrogen) atoms. The maximum atomic E-state index is 4.14. The zero-order valence-electron chi connectivity index (χ0n) is 4.91. The van der Waals surface area contributed by atoms with Gasteiger partial charge in [0.15, 0.2) is 0 Å². The number of hydrogen-bond donors (Lipinski definition) is 0. The lowest BCUT2D eigenvalue weighted by Gasteiger charge is -1.82. The lowest BCUT2D eigenvalue weighted by molar-refractivity contribution is 1.39. The van der Waals surface area contributed by atoms with Gasteiger partial charge in [-0.25, -0.2) is 0 Å². The Bertz CT molecular complexity index is 357. The van der Waals surface area contributed by atoms with E-state index < -0.39 is 0 Å². The highest BCUT2D eigenvalue weighted by Gasteiger charge is 2.00. The van der Waals surface area contributed by atoms with E-state index in [2.05, 4.69) is 25.3 Å². The monoisotopic (exact) mass is 214 g/mol. The van der Waals surface area contributed by atoms with Crippen molar-refractivity contribution in [3.8, 4) is 0 Å². The van der Waals surface area contributed by atoms with Gasteiger partial charge in [0.2, 0.25) is 0 Å². The fraction of sp³-hybridized carbons (Fsp3) is 0. The molecule has 0 aliphatic heterocycles. The highest BCUT2D eigenvalue weighted by atomic mass is 79.9. The Morgan fingerprint density at radius 3 is 3.20 bits per heavy atom. The Labute approximate surface area is 70.2 Å². The summed E-state index contributed by atoms with van der Waals surface area (Å²) in [5.41, 5.74) is 0.951. The maximum Gasteiger partial charge on any atom is 0.146 e. The fourth-order valence-electron chi connectivity index (χ4n) is 0.752. The average molecular weight is 215 g/mol. The van der Waals surface area contributed by atoms with E-state index in [9.17, 15) is 0 Å². The van der Waals surface area contributed by atoms with Crippen LogP contribution in [-0.2, 0) is 0 Å². The van der Waals surface area contributed by atoms with Gasteiger partial charge in [-0.15, -0.1) is 0 Å². The second-order valence-corrected chi connectivity index (χ2v) is 3.38. The van der Waals surface area contributed by atoms with Crippen LogP contribution in [-0.4, -0.2) is 9.36 Å². The van der Waals surface area contributed by atoms with Crippen molar-refractivity contribution in [1.82, 2.24) is 9.36 Å². The minimum atomic E-state index is 0.841. The fourth-order valence-corrected chi connectivity index (χ4v) is 2.06. The van der Waals surface area contributed by atoms with Crippen LogP contribution in [0.15, 0.2) is 22.9 Å². The van der Waals surface area contributed by atoms with Crippen LogP contribution in [0.5, 0.6) is 0 Å². The Morgan fingerprint density at radius 2 is 2.40 bits per heavy atom. The number of rotatable bonds is 0. The number of aromatic nitrogens is 2. The lowest BCUT2D eigenvalue weighted by atomic mass is 10.4. The first kappa shape index (κ1) is 6.24. The van der Waals surface area contributed by atoms with Crippen molar-refractivity contribution in [3.63, 3.8) is 0 Å². The summed E-state index contributed by atoms with van der Waals surface area (Å²) in [5.74, 6) is 0. The van der Waals surface area contributed by atoms with Crippen LogP contribution >= 0.6 is 27.5 Å². The molecule has 0 N–H and O–H groups in total. The minimum absolute atomic E-state index is 0.841. The zero-order valence-corrected chi connectivity index (χ0v) is 7.32. The summed E-state index contributed by atoms with van der Waals surface area (Å²) in [4.78, 5) is 4.14. The summed E-state index contributed by atoms with van der Waals surface area (Å²) in [6.45, 7) is 0. The van der Waals surface area contributed by atoms with Crippen molar-refractivity contribution >= 4 is 37.7 Å². The Hall–Kier alpha value is -0.480. The summed E-state index contributed by atoms with van der Waals surface area (Å²) in [7, 11) is 0. The van der Waals surface area contributed by atoms with Crippen LogP contribution in [0, 0.1) is 0 Å². The van der Waals surface area contributed by atoms with Crippen molar-refractivity contribution in [2.45, 2.75) is 0 Å². The van der Waals surface area contributed by atoms with Crippen LogP contribution in [0.2, 0.25) is 0 Å². The van der Waals surface area contributed by atoms with Crippen molar-refractivity contribution in [2.75, 3.05) is 0 Å². The maximum absolute atomic E-state index is 4.14. The first-order valence-corrected chi connectivity index (χ1v) is 4.30. The third-order valence-corrected chi connectivity index (χ3v) is 2.78. The molecule has 0 saturated heterocycles. The molecular formula is C6H3BrN2S. The van der Waals surface area contributed by atoms with E-state index in [4.69, 9.17) is 0 Å². The number of hydrogen-bond acceptors (Lipinski definition) is 3. The molecule has 2 nitrogen and oxygen atoms in total. The topological polar surface area (TPSA) is 25.8 Å². The van der Waals surface area contributed by atoms with Gasteiger partial charge in [-0.1, -0.05) is 0 Å². The van der Waals surface area contributed by atoms with Gasteiger partial charge in [0.25, 0.3) is 0 Å². The van der Waals surface area contributed by atoms with Gasteiger partial charge in [0.05, 0.1) is 4.70 Å². The van der Waals surface area contributed by atoms with Gasteiger partial charge in [-0.2, -0.15) is 4.37 Å². The number of pyridine rings is 1. The minimum Gasteiger partial charge on any atom is -0.252 e. The summed E-state index contributed by atoms with van der Waals surface area (Å²) in [5, 5.41) is 0. The van der Waals surface area contributed by atoms with Crippen molar-refractivity contribution in [3.05, 3.63) is 22.9 Å². The van der Waals surface area contributed by atoms with Gasteiger partial charge in [-0.3, -0.25) is 4.98 Å². The van der Waals surface area contributed by atoms with E-state index in [1.807, 2.05) is 12.1 Å². The van der Waals surface area contributed by atoms with Gasteiger partial charge < -0.3 is 0 Å². The van der Waals surface area contributed by atoms with E-state index in [0.29, 0.717) is 0 Å². The summed E-state index contributed by atoms with van der Waals surface area (Å²) in [6, 6.07) is 3.91. The molecule has 2 aromatic rings.